The number of nitrogens with two attached hydrogens (primary N) is 1. The van der Waals surface area contributed by atoms with Crippen LogP contribution in [0.4, 0.5) is 14.5 Å². The van der Waals surface area contributed by atoms with E-state index >= 15 is 0 Å². The van der Waals surface area contributed by atoms with Crippen LogP contribution < -0.4 is 10.5 Å². The lowest BCUT2D eigenvalue weighted by Gasteiger charge is -2.08. The van der Waals surface area contributed by atoms with E-state index in [2.05, 4.69) is 0 Å². The molecule has 0 aliphatic heterocycles. The van der Waals surface area contributed by atoms with Gasteiger partial charge < -0.3 is 10.5 Å². The number of hydrogen-bond acceptors (Lipinski definition) is 2. The summed E-state index contributed by atoms with van der Waals surface area (Å²) in [6.45, 7) is 0.0219. The highest BCUT2D eigenvalue weighted by Crippen LogP contribution is 2.22. The Kier molecular flexibility index (Phi) is 3.67. The molecule has 0 atom stereocenters. The largest absolute Gasteiger partial charge is 0.489 e. The maximum absolute atomic E-state index is 13.5. The van der Waals surface area contributed by atoms with Crippen LogP contribution in [0.15, 0.2) is 36.4 Å². The predicted octanol–water partition coefficient (Wildman–Crippen LogP) is 3.78. The van der Waals surface area contributed by atoms with Crippen LogP contribution in [0.5, 0.6) is 5.75 Å². The van der Waals surface area contributed by atoms with E-state index in [1.54, 1.807) is 6.07 Å². The van der Waals surface area contributed by atoms with Crippen molar-refractivity contribution in [2.75, 3.05) is 5.73 Å². The average Bonchev–Trinajstić information content (AvgIpc) is 2.32. The molecule has 0 unspecified atom stereocenters. The molecule has 2 nitrogen and oxygen atoms in total. The summed E-state index contributed by atoms with van der Waals surface area (Å²) in [6.07, 6.45) is 0. The van der Waals surface area contributed by atoms with E-state index in [1.807, 2.05) is 0 Å². The fraction of sp³-hybridized carbons (Fsp3) is 0.0769. The minimum atomic E-state index is -0.525. The van der Waals surface area contributed by atoms with E-state index < -0.39 is 11.6 Å². The fourth-order valence-electron chi connectivity index (χ4n) is 1.41. The van der Waals surface area contributed by atoms with Gasteiger partial charge in [0.05, 0.1) is 5.02 Å². The second kappa shape index (κ2) is 5.23. The van der Waals surface area contributed by atoms with Crippen molar-refractivity contribution in [1.82, 2.24) is 0 Å². The molecule has 0 spiro atoms. The molecule has 2 N–H and O–H groups in total. The van der Waals surface area contributed by atoms with Crippen LogP contribution in [-0.2, 0) is 6.61 Å². The number of anilines is 1. The maximum Gasteiger partial charge on any atom is 0.142 e. The Morgan fingerprint density at radius 1 is 1.06 bits per heavy atom. The lowest BCUT2D eigenvalue weighted by molar-refractivity contribution is 0.299. The number of halogens is 3. The van der Waals surface area contributed by atoms with Gasteiger partial charge >= 0.3 is 0 Å². The summed E-state index contributed by atoms with van der Waals surface area (Å²) >= 11 is 5.60. The van der Waals surface area contributed by atoms with E-state index in [4.69, 9.17) is 22.1 Å². The molecule has 94 valence electrons. The van der Waals surface area contributed by atoms with E-state index in [0.29, 0.717) is 17.0 Å². The second-order valence-corrected chi connectivity index (χ2v) is 4.12. The highest BCUT2D eigenvalue weighted by molar-refractivity contribution is 6.30. The Hall–Kier alpha value is -1.81. The Morgan fingerprint density at radius 2 is 1.83 bits per heavy atom. The lowest BCUT2D eigenvalue weighted by Crippen LogP contribution is -1.99. The van der Waals surface area contributed by atoms with Gasteiger partial charge in [-0.2, -0.15) is 0 Å². The minimum Gasteiger partial charge on any atom is -0.489 e. The summed E-state index contributed by atoms with van der Waals surface area (Å²) in [6, 6.07) is 8.30. The van der Waals surface area contributed by atoms with Crippen molar-refractivity contribution in [3.05, 3.63) is 58.6 Å². The van der Waals surface area contributed by atoms with Gasteiger partial charge in [0, 0.05) is 17.3 Å². The summed E-state index contributed by atoms with van der Waals surface area (Å²) in [7, 11) is 0. The third-order valence-corrected chi connectivity index (χ3v) is 2.65. The SMILES string of the molecule is Nc1ccc(COc2ccc(F)c(Cl)c2)c(F)c1. The summed E-state index contributed by atoms with van der Waals surface area (Å²) in [5.74, 6) is -0.594. The first-order chi connectivity index (χ1) is 8.56. The fourth-order valence-corrected chi connectivity index (χ4v) is 1.58. The Bertz CT molecular complexity index is 575. The normalized spacial score (nSPS) is 10.4. The third-order valence-electron chi connectivity index (χ3n) is 2.36. The van der Waals surface area contributed by atoms with Crippen LogP contribution in [0.25, 0.3) is 0 Å². The van der Waals surface area contributed by atoms with Crippen molar-refractivity contribution in [3.63, 3.8) is 0 Å². The number of hydrogen-bond donors (Lipinski definition) is 1. The van der Waals surface area contributed by atoms with Gasteiger partial charge in [-0.15, -0.1) is 0 Å². The zero-order valence-electron chi connectivity index (χ0n) is 9.29. The Labute approximate surface area is 108 Å². The van der Waals surface area contributed by atoms with Gasteiger partial charge in [-0.25, -0.2) is 8.78 Å². The summed E-state index contributed by atoms with van der Waals surface area (Å²) in [5.41, 5.74) is 6.14. The molecule has 0 radical (unpaired) electrons. The van der Waals surface area contributed by atoms with E-state index in [-0.39, 0.29) is 11.6 Å². The standard InChI is InChI=1S/C13H10ClF2NO/c14-11-6-10(3-4-12(11)15)18-7-8-1-2-9(17)5-13(8)16/h1-6H,7,17H2. The molecular weight excluding hydrogens is 260 g/mol. The third kappa shape index (κ3) is 2.90. The van der Waals surface area contributed by atoms with Crippen molar-refractivity contribution in [2.24, 2.45) is 0 Å². The first kappa shape index (κ1) is 12.6. The second-order valence-electron chi connectivity index (χ2n) is 3.72. The molecule has 5 heteroatoms. The van der Waals surface area contributed by atoms with Gasteiger partial charge in [0.1, 0.15) is 24.0 Å². The van der Waals surface area contributed by atoms with Gasteiger partial charge in [0.15, 0.2) is 0 Å². The molecule has 0 aliphatic carbocycles. The van der Waals surface area contributed by atoms with Crippen LogP contribution in [0.1, 0.15) is 5.56 Å². The van der Waals surface area contributed by atoms with Gasteiger partial charge in [-0.05, 0) is 24.3 Å². The molecule has 0 aliphatic rings. The van der Waals surface area contributed by atoms with Gasteiger partial charge in [-0.1, -0.05) is 17.7 Å². The number of nitrogen functional groups attached to an aromatic ring is 1. The molecule has 0 heterocycles. The van der Waals surface area contributed by atoms with Crippen molar-refractivity contribution >= 4 is 17.3 Å². The van der Waals surface area contributed by atoms with Gasteiger partial charge in [-0.3, -0.25) is 0 Å². The smallest absolute Gasteiger partial charge is 0.142 e. The van der Waals surface area contributed by atoms with Crippen molar-refractivity contribution < 1.29 is 13.5 Å². The highest BCUT2D eigenvalue weighted by atomic mass is 35.5. The van der Waals surface area contributed by atoms with E-state index in [0.717, 1.165) is 0 Å². The zero-order valence-corrected chi connectivity index (χ0v) is 10.0. The van der Waals surface area contributed by atoms with Crippen LogP contribution in [0, 0.1) is 11.6 Å². The molecule has 0 aromatic heterocycles. The molecule has 2 rings (SSSR count). The van der Waals surface area contributed by atoms with Gasteiger partial charge in [0.25, 0.3) is 0 Å². The summed E-state index contributed by atoms with van der Waals surface area (Å²) in [5, 5.41) is -0.0368. The van der Waals surface area contributed by atoms with Crippen LogP contribution in [0.3, 0.4) is 0 Å². The summed E-state index contributed by atoms with van der Waals surface area (Å²) < 4.78 is 31.7. The minimum absolute atomic E-state index is 0.0219. The predicted molar refractivity (Wildman–Crippen MR) is 66.6 cm³/mol. The average molecular weight is 270 g/mol. The molecule has 0 saturated carbocycles. The number of benzene rings is 2. The first-order valence-corrected chi connectivity index (χ1v) is 5.56. The van der Waals surface area contributed by atoms with Crippen molar-refractivity contribution in [2.45, 2.75) is 6.61 Å². The molecular formula is C13H10ClF2NO. The summed E-state index contributed by atoms with van der Waals surface area (Å²) in [4.78, 5) is 0. The maximum atomic E-state index is 13.5. The molecule has 2 aromatic carbocycles. The van der Waals surface area contributed by atoms with E-state index in [1.165, 1.54) is 30.3 Å². The number of rotatable bonds is 3. The molecule has 0 amide bonds. The quantitative estimate of drug-likeness (QED) is 0.861. The lowest BCUT2D eigenvalue weighted by atomic mass is 10.2. The first-order valence-electron chi connectivity index (χ1n) is 5.18. The molecule has 0 saturated heterocycles. The van der Waals surface area contributed by atoms with Crippen LogP contribution in [-0.4, -0.2) is 0 Å². The zero-order chi connectivity index (χ0) is 13.1. The highest BCUT2D eigenvalue weighted by Gasteiger charge is 2.05. The Balaban J connectivity index is 2.09. The number of ether oxygens (including phenoxy) is 1. The van der Waals surface area contributed by atoms with Gasteiger partial charge in [0.2, 0.25) is 0 Å². The Morgan fingerprint density at radius 3 is 2.50 bits per heavy atom. The van der Waals surface area contributed by atoms with Crippen LogP contribution >= 0.6 is 11.6 Å². The van der Waals surface area contributed by atoms with Crippen molar-refractivity contribution in [1.29, 1.82) is 0 Å². The topological polar surface area (TPSA) is 35.2 Å². The monoisotopic (exact) mass is 269 g/mol. The molecule has 0 fully saturated rings. The van der Waals surface area contributed by atoms with E-state index in [9.17, 15) is 8.78 Å². The molecule has 18 heavy (non-hydrogen) atoms. The molecule has 0 bridgehead atoms. The molecule has 2 aromatic rings. The van der Waals surface area contributed by atoms with Crippen molar-refractivity contribution in [3.8, 4) is 5.75 Å². The van der Waals surface area contributed by atoms with Crippen LogP contribution in [0.2, 0.25) is 5.02 Å².